The van der Waals surface area contributed by atoms with E-state index in [0.717, 1.165) is 33.9 Å². The Morgan fingerprint density at radius 2 is 1.79 bits per heavy atom. The third-order valence-electron chi connectivity index (χ3n) is 4.90. The van der Waals surface area contributed by atoms with Crippen molar-refractivity contribution in [3.8, 4) is 11.8 Å². The van der Waals surface area contributed by atoms with Crippen molar-refractivity contribution in [3.63, 3.8) is 0 Å². The standard InChI is InChI=1S/C18H17ClN2O3/c19-16(17(24)21-14(22)5-6-15(21)23)18(7-8-18)12-3-4-13-11(10-12)2-1-9-20-13/h1-6,9-10,16-17,22-24H,7-8H2. The van der Waals surface area contributed by atoms with Crippen LogP contribution in [0.15, 0.2) is 48.7 Å². The predicted octanol–water partition coefficient (Wildman–Crippen LogP) is 3.28. The number of aromatic hydroxyl groups is 2. The molecule has 1 fully saturated rings. The molecule has 0 saturated heterocycles. The molecule has 5 nitrogen and oxygen atoms in total. The van der Waals surface area contributed by atoms with Crippen LogP contribution < -0.4 is 0 Å². The quantitative estimate of drug-likeness (QED) is 0.635. The summed E-state index contributed by atoms with van der Waals surface area (Å²) in [6.07, 6.45) is 2.20. The summed E-state index contributed by atoms with van der Waals surface area (Å²) in [5.74, 6) is -0.437. The van der Waals surface area contributed by atoms with Crippen molar-refractivity contribution < 1.29 is 15.3 Å². The van der Waals surface area contributed by atoms with Crippen LogP contribution in [-0.2, 0) is 5.41 Å². The molecule has 1 aliphatic rings. The first kappa shape index (κ1) is 15.3. The number of halogens is 1. The van der Waals surface area contributed by atoms with Crippen LogP contribution >= 0.6 is 11.6 Å². The van der Waals surface area contributed by atoms with Gasteiger partial charge in [-0.2, -0.15) is 0 Å². The second kappa shape index (κ2) is 5.40. The van der Waals surface area contributed by atoms with Gasteiger partial charge in [-0.05, 0) is 36.6 Å². The molecule has 0 spiro atoms. The lowest BCUT2D eigenvalue weighted by Crippen LogP contribution is -2.30. The molecular weight excluding hydrogens is 328 g/mol. The number of hydrogen-bond acceptors (Lipinski definition) is 4. The molecule has 0 amide bonds. The Labute approximate surface area is 143 Å². The minimum Gasteiger partial charge on any atom is -0.494 e. The maximum atomic E-state index is 10.6. The first-order chi connectivity index (χ1) is 11.5. The first-order valence-electron chi connectivity index (χ1n) is 7.79. The lowest BCUT2D eigenvalue weighted by atomic mass is 9.90. The van der Waals surface area contributed by atoms with Crippen molar-refractivity contribution in [2.24, 2.45) is 0 Å². The summed E-state index contributed by atoms with van der Waals surface area (Å²) in [4.78, 5) is 4.32. The second-order valence-corrected chi connectivity index (χ2v) is 6.77. The Hall–Kier alpha value is -2.24. The number of aromatic nitrogens is 2. The topological polar surface area (TPSA) is 78.5 Å². The zero-order valence-electron chi connectivity index (χ0n) is 12.8. The molecule has 6 heteroatoms. The Bertz CT molecular complexity index is 885. The minimum atomic E-state index is -1.23. The number of benzene rings is 1. The van der Waals surface area contributed by atoms with Crippen LogP contribution in [0.3, 0.4) is 0 Å². The summed E-state index contributed by atoms with van der Waals surface area (Å²) in [5, 5.41) is 30.6. The Kier molecular flexibility index (Phi) is 3.44. The van der Waals surface area contributed by atoms with Crippen molar-refractivity contribution in [3.05, 3.63) is 54.2 Å². The lowest BCUT2D eigenvalue weighted by molar-refractivity contribution is 0.0720. The smallest absolute Gasteiger partial charge is 0.196 e. The van der Waals surface area contributed by atoms with Crippen LogP contribution in [0.5, 0.6) is 11.8 Å². The molecule has 3 aromatic rings. The van der Waals surface area contributed by atoms with E-state index < -0.39 is 11.6 Å². The van der Waals surface area contributed by atoms with E-state index in [9.17, 15) is 15.3 Å². The van der Waals surface area contributed by atoms with E-state index in [1.54, 1.807) is 6.20 Å². The summed E-state index contributed by atoms with van der Waals surface area (Å²) in [6.45, 7) is 0. The van der Waals surface area contributed by atoms with Crippen LogP contribution in [0, 0.1) is 0 Å². The monoisotopic (exact) mass is 344 g/mol. The molecule has 3 N–H and O–H groups in total. The number of pyridine rings is 1. The van der Waals surface area contributed by atoms with Gasteiger partial charge in [-0.25, -0.2) is 0 Å². The third kappa shape index (κ3) is 2.24. The van der Waals surface area contributed by atoms with Gasteiger partial charge in [0.2, 0.25) is 0 Å². The second-order valence-electron chi connectivity index (χ2n) is 6.30. The molecule has 0 radical (unpaired) electrons. The van der Waals surface area contributed by atoms with Crippen LogP contribution in [0.4, 0.5) is 0 Å². The summed E-state index contributed by atoms with van der Waals surface area (Å²) in [6, 6.07) is 12.5. The van der Waals surface area contributed by atoms with Gasteiger partial charge in [-0.15, -0.1) is 11.6 Å². The number of hydrogen-bond donors (Lipinski definition) is 3. The molecule has 2 heterocycles. The molecule has 2 atom stereocenters. The molecule has 1 aromatic carbocycles. The van der Waals surface area contributed by atoms with E-state index in [2.05, 4.69) is 4.98 Å². The average Bonchev–Trinajstić information content (AvgIpc) is 3.34. The van der Waals surface area contributed by atoms with Crippen LogP contribution in [0.1, 0.15) is 24.6 Å². The maximum absolute atomic E-state index is 10.6. The Balaban J connectivity index is 1.71. The van der Waals surface area contributed by atoms with Crippen molar-refractivity contribution in [2.45, 2.75) is 29.9 Å². The largest absolute Gasteiger partial charge is 0.494 e. The summed E-state index contributed by atoms with van der Waals surface area (Å²) >= 11 is 6.60. The molecular formula is C18H17ClN2O3. The van der Waals surface area contributed by atoms with Gasteiger partial charge in [-0.3, -0.25) is 9.55 Å². The Morgan fingerprint density at radius 1 is 1.08 bits per heavy atom. The van der Waals surface area contributed by atoms with Gasteiger partial charge in [0.15, 0.2) is 18.0 Å². The number of aliphatic hydroxyl groups excluding tert-OH is 1. The fraction of sp³-hybridized carbons (Fsp3) is 0.278. The molecule has 24 heavy (non-hydrogen) atoms. The highest BCUT2D eigenvalue weighted by Gasteiger charge is 2.53. The number of alkyl halides is 1. The summed E-state index contributed by atoms with van der Waals surface area (Å²) in [7, 11) is 0. The third-order valence-corrected chi connectivity index (χ3v) is 5.54. The number of rotatable bonds is 4. The van der Waals surface area contributed by atoms with Crippen molar-refractivity contribution in [1.82, 2.24) is 9.55 Å². The minimum absolute atomic E-state index is 0.218. The van der Waals surface area contributed by atoms with E-state index in [4.69, 9.17) is 11.6 Å². The zero-order chi connectivity index (χ0) is 16.9. The number of fused-ring (bicyclic) bond motifs is 1. The Morgan fingerprint density at radius 3 is 2.46 bits per heavy atom. The molecule has 124 valence electrons. The maximum Gasteiger partial charge on any atom is 0.196 e. The molecule has 2 aromatic heterocycles. The SMILES string of the molecule is Oc1ccc(O)n1C(O)C(Cl)C1(c2ccc3ncccc3c2)CC1. The van der Waals surface area contributed by atoms with Crippen molar-refractivity contribution in [1.29, 1.82) is 0 Å². The van der Waals surface area contributed by atoms with Gasteiger partial charge >= 0.3 is 0 Å². The van der Waals surface area contributed by atoms with E-state index in [0.29, 0.717) is 0 Å². The van der Waals surface area contributed by atoms with E-state index >= 15 is 0 Å². The van der Waals surface area contributed by atoms with E-state index in [1.807, 2.05) is 30.3 Å². The van der Waals surface area contributed by atoms with E-state index in [-0.39, 0.29) is 17.2 Å². The average molecular weight is 345 g/mol. The lowest BCUT2D eigenvalue weighted by Gasteiger charge is -2.28. The molecule has 2 unspecified atom stereocenters. The van der Waals surface area contributed by atoms with Gasteiger partial charge < -0.3 is 15.3 Å². The normalized spacial score (nSPS) is 18.4. The zero-order valence-corrected chi connectivity index (χ0v) is 13.6. The number of nitrogens with zero attached hydrogens (tertiary/aromatic N) is 2. The van der Waals surface area contributed by atoms with Gasteiger partial charge in [0.05, 0.1) is 10.9 Å². The van der Waals surface area contributed by atoms with Crippen LogP contribution in [-0.4, -0.2) is 30.2 Å². The van der Waals surface area contributed by atoms with Gasteiger partial charge in [0.25, 0.3) is 0 Å². The van der Waals surface area contributed by atoms with E-state index in [1.165, 1.54) is 12.1 Å². The van der Waals surface area contributed by atoms with Gasteiger partial charge in [0.1, 0.15) is 0 Å². The summed E-state index contributed by atoms with van der Waals surface area (Å²) in [5.41, 5.74) is 1.56. The van der Waals surface area contributed by atoms with Gasteiger partial charge in [-0.1, -0.05) is 12.1 Å². The summed E-state index contributed by atoms with van der Waals surface area (Å²) < 4.78 is 1.04. The highest BCUT2D eigenvalue weighted by atomic mass is 35.5. The molecule has 0 bridgehead atoms. The molecule has 0 aliphatic heterocycles. The van der Waals surface area contributed by atoms with Crippen LogP contribution in [0.25, 0.3) is 10.9 Å². The highest BCUT2D eigenvalue weighted by Crippen LogP contribution is 2.56. The highest BCUT2D eigenvalue weighted by molar-refractivity contribution is 6.22. The fourth-order valence-electron chi connectivity index (χ4n) is 3.36. The first-order valence-corrected chi connectivity index (χ1v) is 8.23. The van der Waals surface area contributed by atoms with Crippen molar-refractivity contribution in [2.75, 3.05) is 0 Å². The predicted molar refractivity (Wildman–Crippen MR) is 91.3 cm³/mol. The van der Waals surface area contributed by atoms with Crippen LogP contribution in [0.2, 0.25) is 0 Å². The molecule has 1 aliphatic carbocycles. The molecule has 1 saturated carbocycles. The van der Waals surface area contributed by atoms with Crippen molar-refractivity contribution >= 4 is 22.5 Å². The number of aliphatic hydroxyl groups is 1. The molecule has 4 rings (SSSR count). The fourth-order valence-corrected chi connectivity index (χ4v) is 3.81. The van der Waals surface area contributed by atoms with Gasteiger partial charge in [0, 0.05) is 29.1 Å².